The van der Waals surface area contributed by atoms with Crippen LogP contribution >= 0.6 is 0 Å². The normalized spacial score (nSPS) is 11.0. The lowest BCUT2D eigenvalue weighted by atomic mass is 10.1. The number of nitrogens with zero attached hydrogens (tertiary/aromatic N) is 4. The zero-order valence-electron chi connectivity index (χ0n) is 11.8. The molecule has 7 nitrogen and oxygen atoms in total. The Kier molecular flexibility index (Phi) is 2.82. The molecular weight excluding hydrogens is 278 g/mol. The predicted octanol–water partition coefficient (Wildman–Crippen LogP) is 2.80. The number of hydrogen-bond acceptors (Lipinski definition) is 5. The van der Waals surface area contributed by atoms with Gasteiger partial charge in [-0.3, -0.25) is 5.10 Å². The second-order valence-corrected chi connectivity index (χ2v) is 4.88. The molecule has 4 aromatic rings. The quantitative estimate of drug-likeness (QED) is 0.539. The molecule has 3 aromatic heterocycles. The first-order valence-electron chi connectivity index (χ1n) is 6.85. The van der Waals surface area contributed by atoms with Gasteiger partial charge < -0.3 is 10.3 Å². The van der Waals surface area contributed by atoms with Crippen molar-refractivity contribution in [2.75, 3.05) is 5.32 Å². The summed E-state index contributed by atoms with van der Waals surface area (Å²) >= 11 is 0. The highest BCUT2D eigenvalue weighted by Crippen LogP contribution is 2.29. The summed E-state index contributed by atoms with van der Waals surface area (Å²) < 4.78 is 0. The molecule has 0 fully saturated rings. The Bertz CT molecular complexity index is 938. The van der Waals surface area contributed by atoms with Crippen LogP contribution in [0, 0.1) is 6.92 Å². The largest absolute Gasteiger partial charge is 0.346 e. The Balaban J connectivity index is 1.79. The molecule has 108 valence electrons. The topological polar surface area (TPSA) is 95.2 Å². The Labute approximate surface area is 125 Å². The maximum Gasteiger partial charge on any atom is 0.183 e. The van der Waals surface area contributed by atoms with Crippen molar-refractivity contribution in [2.24, 2.45) is 0 Å². The van der Waals surface area contributed by atoms with Crippen molar-refractivity contribution < 1.29 is 0 Å². The van der Waals surface area contributed by atoms with Gasteiger partial charge in [0.2, 0.25) is 0 Å². The van der Waals surface area contributed by atoms with Gasteiger partial charge in [0.25, 0.3) is 0 Å². The van der Waals surface area contributed by atoms with E-state index in [-0.39, 0.29) is 0 Å². The van der Waals surface area contributed by atoms with Gasteiger partial charge in [-0.1, -0.05) is 12.1 Å². The van der Waals surface area contributed by atoms with Crippen LogP contribution in [0.25, 0.3) is 22.4 Å². The summed E-state index contributed by atoms with van der Waals surface area (Å²) in [5.41, 5.74) is 2.60. The van der Waals surface area contributed by atoms with Gasteiger partial charge in [-0.05, 0) is 25.1 Å². The van der Waals surface area contributed by atoms with E-state index in [0.29, 0.717) is 5.82 Å². The molecule has 0 aliphatic rings. The molecule has 1 aromatic carbocycles. The predicted molar refractivity (Wildman–Crippen MR) is 83.7 cm³/mol. The maximum atomic E-state index is 4.39. The molecule has 0 saturated heterocycles. The lowest BCUT2D eigenvalue weighted by molar-refractivity contribution is 1.04. The maximum absolute atomic E-state index is 4.39. The molecule has 0 bridgehead atoms. The van der Waals surface area contributed by atoms with Crippen LogP contribution in [0.15, 0.2) is 42.9 Å². The highest BCUT2D eigenvalue weighted by atomic mass is 15.2. The summed E-state index contributed by atoms with van der Waals surface area (Å²) in [7, 11) is 0. The molecule has 0 radical (unpaired) electrons. The lowest BCUT2D eigenvalue weighted by Gasteiger charge is -2.09. The summed E-state index contributed by atoms with van der Waals surface area (Å²) in [6.07, 6.45) is 3.37. The van der Waals surface area contributed by atoms with Crippen LogP contribution < -0.4 is 5.32 Å². The molecule has 3 N–H and O–H groups in total. The summed E-state index contributed by atoms with van der Waals surface area (Å²) in [4.78, 5) is 16.0. The highest BCUT2D eigenvalue weighted by molar-refractivity contribution is 5.90. The smallest absolute Gasteiger partial charge is 0.183 e. The van der Waals surface area contributed by atoms with E-state index >= 15 is 0 Å². The summed E-state index contributed by atoms with van der Waals surface area (Å²) in [6, 6.07) is 9.80. The number of para-hydroxylation sites is 1. The Morgan fingerprint density at radius 1 is 1.09 bits per heavy atom. The monoisotopic (exact) mass is 291 g/mol. The van der Waals surface area contributed by atoms with Crippen LogP contribution in [0.3, 0.4) is 0 Å². The highest BCUT2D eigenvalue weighted by Gasteiger charge is 2.11. The van der Waals surface area contributed by atoms with Crippen molar-refractivity contribution in [3.8, 4) is 11.4 Å². The lowest BCUT2D eigenvalue weighted by Crippen LogP contribution is -1.97. The van der Waals surface area contributed by atoms with E-state index in [1.807, 2.05) is 43.5 Å². The second kappa shape index (κ2) is 4.96. The zero-order valence-corrected chi connectivity index (χ0v) is 11.8. The first kappa shape index (κ1) is 12.5. The first-order chi connectivity index (χ1) is 10.8. The van der Waals surface area contributed by atoms with Gasteiger partial charge in [-0.2, -0.15) is 5.10 Å². The minimum absolute atomic E-state index is 0.653. The number of aromatic nitrogens is 6. The summed E-state index contributed by atoms with van der Waals surface area (Å²) in [5, 5.41) is 11.4. The number of benzene rings is 1. The number of fused-ring (bicyclic) bond motifs is 1. The molecule has 0 aliphatic carbocycles. The summed E-state index contributed by atoms with van der Waals surface area (Å²) in [5.74, 6) is 2.17. The standard InChI is InChI=1S/C15H13N7/c1-9-19-15(22-21-9)10-4-2-3-5-12(10)20-14-11-6-7-16-13(11)17-8-18-14/h2-8H,1H3,(H,19,21,22)(H2,16,17,18,20). The van der Waals surface area contributed by atoms with E-state index < -0.39 is 0 Å². The minimum atomic E-state index is 0.653. The van der Waals surface area contributed by atoms with E-state index in [1.165, 1.54) is 6.33 Å². The van der Waals surface area contributed by atoms with Crippen molar-refractivity contribution in [1.29, 1.82) is 0 Å². The average molecular weight is 291 g/mol. The van der Waals surface area contributed by atoms with Crippen LogP contribution in [-0.2, 0) is 0 Å². The fourth-order valence-corrected chi connectivity index (χ4v) is 2.35. The zero-order chi connectivity index (χ0) is 14.9. The van der Waals surface area contributed by atoms with E-state index in [2.05, 4.69) is 35.5 Å². The van der Waals surface area contributed by atoms with Gasteiger partial charge in [0, 0.05) is 11.8 Å². The molecule has 0 unspecified atom stereocenters. The number of nitrogens with one attached hydrogen (secondary N) is 3. The number of anilines is 2. The number of H-pyrrole nitrogens is 2. The van der Waals surface area contributed by atoms with Gasteiger partial charge in [-0.15, -0.1) is 0 Å². The van der Waals surface area contributed by atoms with Gasteiger partial charge in [0.05, 0.1) is 11.1 Å². The molecule has 0 saturated carbocycles. The third-order valence-electron chi connectivity index (χ3n) is 3.37. The molecule has 0 amide bonds. The third-order valence-corrected chi connectivity index (χ3v) is 3.37. The van der Waals surface area contributed by atoms with Crippen molar-refractivity contribution in [3.05, 3.63) is 48.7 Å². The van der Waals surface area contributed by atoms with Crippen LogP contribution in [0.2, 0.25) is 0 Å². The molecule has 7 heteroatoms. The Hall–Kier alpha value is -3.22. The van der Waals surface area contributed by atoms with E-state index in [1.54, 1.807) is 0 Å². The van der Waals surface area contributed by atoms with Crippen LogP contribution in [0.5, 0.6) is 0 Å². The van der Waals surface area contributed by atoms with Gasteiger partial charge in [0.1, 0.15) is 23.6 Å². The molecule has 0 spiro atoms. The molecule has 4 rings (SSSR count). The van der Waals surface area contributed by atoms with Crippen molar-refractivity contribution >= 4 is 22.5 Å². The Morgan fingerprint density at radius 3 is 2.86 bits per heavy atom. The molecular formula is C15H13N7. The molecule has 0 atom stereocenters. The fraction of sp³-hybridized carbons (Fsp3) is 0.0667. The van der Waals surface area contributed by atoms with E-state index in [4.69, 9.17) is 0 Å². The second-order valence-electron chi connectivity index (χ2n) is 4.88. The van der Waals surface area contributed by atoms with Crippen LogP contribution in [0.1, 0.15) is 5.82 Å². The van der Waals surface area contributed by atoms with Crippen molar-refractivity contribution in [3.63, 3.8) is 0 Å². The molecule has 0 aliphatic heterocycles. The first-order valence-corrected chi connectivity index (χ1v) is 6.85. The fourth-order valence-electron chi connectivity index (χ4n) is 2.35. The van der Waals surface area contributed by atoms with Crippen LogP contribution in [-0.4, -0.2) is 30.1 Å². The van der Waals surface area contributed by atoms with E-state index in [0.717, 1.165) is 33.9 Å². The third kappa shape index (κ3) is 2.08. The number of aromatic amines is 2. The van der Waals surface area contributed by atoms with Crippen molar-refractivity contribution in [2.45, 2.75) is 6.92 Å². The number of rotatable bonds is 3. The van der Waals surface area contributed by atoms with Gasteiger partial charge in [-0.25, -0.2) is 15.0 Å². The summed E-state index contributed by atoms with van der Waals surface area (Å²) in [6.45, 7) is 1.88. The molecule has 22 heavy (non-hydrogen) atoms. The minimum Gasteiger partial charge on any atom is -0.346 e. The number of aryl methyl sites for hydroxylation is 1. The SMILES string of the molecule is Cc1nc(-c2ccccc2Nc2ncnc3[nH]ccc23)n[nH]1. The van der Waals surface area contributed by atoms with Crippen molar-refractivity contribution in [1.82, 2.24) is 30.1 Å². The average Bonchev–Trinajstić information content (AvgIpc) is 3.17. The van der Waals surface area contributed by atoms with Crippen LogP contribution in [0.4, 0.5) is 11.5 Å². The van der Waals surface area contributed by atoms with E-state index in [9.17, 15) is 0 Å². The number of hydrogen-bond donors (Lipinski definition) is 3. The van der Waals surface area contributed by atoms with Gasteiger partial charge >= 0.3 is 0 Å². The Morgan fingerprint density at radius 2 is 2.00 bits per heavy atom. The molecule has 3 heterocycles. The van der Waals surface area contributed by atoms with Gasteiger partial charge in [0.15, 0.2) is 5.82 Å².